The SMILES string of the molecule is CC(=O)CCN1c2ccccc2C23CCCCC12CC(=O)CC3. The highest BCUT2D eigenvalue weighted by atomic mass is 16.1. The number of para-hydroxylation sites is 1. The van der Waals surface area contributed by atoms with Crippen molar-refractivity contribution >= 4 is 17.3 Å². The zero-order valence-electron chi connectivity index (χ0n) is 13.9. The number of carbonyl (C=O) groups excluding carboxylic acids is 2. The highest BCUT2D eigenvalue weighted by Gasteiger charge is 2.63. The van der Waals surface area contributed by atoms with Gasteiger partial charge in [0.25, 0.3) is 0 Å². The molecule has 2 unspecified atom stereocenters. The maximum atomic E-state index is 12.4. The lowest BCUT2D eigenvalue weighted by Gasteiger charge is -2.56. The van der Waals surface area contributed by atoms with E-state index in [2.05, 4.69) is 29.2 Å². The van der Waals surface area contributed by atoms with Crippen LogP contribution in [0.1, 0.15) is 63.9 Å². The number of Topliss-reactive ketones (excluding diaryl/α,β-unsaturated/α-hetero) is 2. The molecule has 23 heavy (non-hydrogen) atoms. The molecule has 3 nitrogen and oxygen atoms in total. The Bertz CT molecular complexity index is 667. The van der Waals surface area contributed by atoms with Gasteiger partial charge in [-0.25, -0.2) is 0 Å². The fourth-order valence-electron chi connectivity index (χ4n) is 5.66. The van der Waals surface area contributed by atoms with E-state index in [1.807, 2.05) is 0 Å². The number of benzene rings is 1. The van der Waals surface area contributed by atoms with Gasteiger partial charge in [-0.05, 0) is 37.8 Å². The Labute approximate surface area is 138 Å². The Morgan fingerprint density at radius 2 is 1.96 bits per heavy atom. The molecular weight excluding hydrogens is 286 g/mol. The Morgan fingerprint density at radius 3 is 2.78 bits per heavy atom. The minimum atomic E-state index is -0.0697. The molecule has 1 aromatic carbocycles. The lowest BCUT2D eigenvalue weighted by atomic mass is 9.53. The van der Waals surface area contributed by atoms with Gasteiger partial charge in [0.15, 0.2) is 0 Å². The van der Waals surface area contributed by atoms with Gasteiger partial charge in [-0.15, -0.1) is 0 Å². The van der Waals surface area contributed by atoms with Crippen molar-refractivity contribution in [2.45, 2.75) is 69.2 Å². The standard InChI is InChI=1S/C20H25NO2/c1-15(22)9-13-21-18-7-3-2-6-17(18)19-10-4-5-11-20(19,21)14-16(23)8-12-19/h2-3,6-7H,4-5,8-14H2,1H3. The van der Waals surface area contributed by atoms with Crippen LogP contribution in [-0.4, -0.2) is 23.7 Å². The van der Waals surface area contributed by atoms with Crippen molar-refractivity contribution in [3.63, 3.8) is 0 Å². The minimum absolute atomic E-state index is 0.0697. The van der Waals surface area contributed by atoms with E-state index in [0.717, 1.165) is 25.8 Å². The summed E-state index contributed by atoms with van der Waals surface area (Å²) in [4.78, 5) is 26.5. The topological polar surface area (TPSA) is 37.4 Å². The van der Waals surface area contributed by atoms with E-state index in [1.165, 1.54) is 30.5 Å². The number of ketones is 2. The Hall–Kier alpha value is -1.64. The normalized spacial score (nSPS) is 32.2. The number of anilines is 1. The number of rotatable bonds is 3. The summed E-state index contributed by atoms with van der Waals surface area (Å²) in [5.74, 6) is 0.637. The smallest absolute Gasteiger partial charge is 0.135 e. The van der Waals surface area contributed by atoms with Crippen molar-refractivity contribution in [2.75, 3.05) is 11.4 Å². The first-order valence-electron chi connectivity index (χ1n) is 8.97. The molecule has 2 fully saturated rings. The number of fused-ring (bicyclic) bond motifs is 1. The molecule has 1 aliphatic heterocycles. The third-order valence-corrected chi connectivity index (χ3v) is 6.57. The van der Waals surface area contributed by atoms with Crippen LogP contribution >= 0.6 is 0 Å². The zero-order chi connectivity index (χ0) is 16.1. The van der Waals surface area contributed by atoms with E-state index >= 15 is 0 Å². The lowest BCUT2D eigenvalue weighted by Crippen LogP contribution is -2.63. The molecule has 2 saturated carbocycles. The van der Waals surface area contributed by atoms with E-state index in [9.17, 15) is 9.59 Å². The second-order valence-electron chi connectivity index (χ2n) is 7.66. The molecule has 3 aliphatic rings. The van der Waals surface area contributed by atoms with Gasteiger partial charge in [-0.3, -0.25) is 9.59 Å². The molecule has 2 atom stereocenters. The average Bonchev–Trinajstić information content (AvgIpc) is 2.79. The number of hydrogen-bond acceptors (Lipinski definition) is 3. The lowest BCUT2D eigenvalue weighted by molar-refractivity contribution is -0.124. The van der Waals surface area contributed by atoms with Crippen LogP contribution in [0.2, 0.25) is 0 Å². The van der Waals surface area contributed by atoms with Gasteiger partial charge in [0.05, 0.1) is 5.54 Å². The first-order chi connectivity index (χ1) is 11.1. The number of carbonyl (C=O) groups is 2. The van der Waals surface area contributed by atoms with Crippen LogP contribution in [0.15, 0.2) is 24.3 Å². The minimum Gasteiger partial charge on any atom is -0.364 e. The van der Waals surface area contributed by atoms with Crippen LogP contribution < -0.4 is 4.90 Å². The van der Waals surface area contributed by atoms with Crippen molar-refractivity contribution in [2.24, 2.45) is 0 Å². The molecule has 0 saturated heterocycles. The number of hydrogen-bond donors (Lipinski definition) is 0. The van der Waals surface area contributed by atoms with Crippen LogP contribution in [0.25, 0.3) is 0 Å². The molecular formula is C20H25NO2. The molecule has 122 valence electrons. The first kappa shape index (κ1) is 14.9. The van der Waals surface area contributed by atoms with E-state index in [4.69, 9.17) is 0 Å². The fraction of sp³-hybridized carbons (Fsp3) is 0.600. The maximum Gasteiger partial charge on any atom is 0.135 e. The summed E-state index contributed by atoms with van der Waals surface area (Å²) in [5.41, 5.74) is 2.79. The van der Waals surface area contributed by atoms with Crippen LogP contribution in [0.3, 0.4) is 0 Å². The summed E-state index contributed by atoms with van der Waals surface area (Å²) >= 11 is 0. The molecule has 0 radical (unpaired) electrons. The van der Waals surface area contributed by atoms with E-state index in [0.29, 0.717) is 18.6 Å². The van der Waals surface area contributed by atoms with Gasteiger partial charge in [0.2, 0.25) is 0 Å². The van der Waals surface area contributed by atoms with Crippen LogP contribution in [0.4, 0.5) is 5.69 Å². The van der Waals surface area contributed by atoms with Crippen LogP contribution in [0.5, 0.6) is 0 Å². The second-order valence-corrected chi connectivity index (χ2v) is 7.66. The highest BCUT2D eigenvalue weighted by Crippen LogP contribution is 2.63. The van der Waals surface area contributed by atoms with Crippen molar-refractivity contribution in [1.29, 1.82) is 0 Å². The molecule has 0 N–H and O–H groups in total. The Morgan fingerprint density at radius 1 is 1.17 bits per heavy atom. The maximum absolute atomic E-state index is 12.4. The first-order valence-corrected chi connectivity index (χ1v) is 8.97. The average molecular weight is 311 g/mol. The number of nitrogens with zero attached hydrogens (tertiary/aromatic N) is 1. The van der Waals surface area contributed by atoms with E-state index in [-0.39, 0.29) is 16.7 Å². The predicted octanol–water partition coefficient (Wildman–Crippen LogP) is 3.79. The second kappa shape index (κ2) is 5.19. The summed E-state index contributed by atoms with van der Waals surface area (Å²) in [6.45, 7) is 2.42. The van der Waals surface area contributed by atoms with Crippen LogP contribution in [0, 0.1) is 0 Å². The van der Waals surface area contributed by atoms with Gasteiger partial charge >= 0.3 is 0 Å². The summed E-state index contributed by atoms with van der Waals surface area (Å²) in [5, 5.41) is 0. The molecule has 0 aromatic heterocycles. The zero-order valence-corrected chi connectivity index (χ0v) is 13.9. The summed E-state index contributed by atoms with van der Waals surface area (Å²) < 4.78 is 0. The summed E-state index contributed by atoms with van der Waals surface area (Å²) in [6.07, 6.45) is 7.67. The molecule has 3 heteroatoms. The predicted molar refractivity (Wildman–Crippen MR) is 90.8 cm³/mol. The molecule has 0 amide bonds. The van der Waals surface area contributed by atoms with Crippen LogP contribution in [-0.2, 0) is 15.0 Å². The molecule has 4 rings (SSSR count). The third kappa shape index (κ3) is 1.95. The molecule has 0 spiro atoms. The van der Waals surface area contributed by atoms with Crippen molar-refractivity contribution in [1.82, 2.24) is 0 Å². The van der Waals surface area contributed by atoms with Gasteiger partial charge in [-0.1, -0.05) is 31.0 Å². The molecule has 1 aromatic rings. The van der Waals surface area contributed by atoms with Crippen molar-refractivity contribution in [3.05, 3.63) is 29.8 Å². The quantitative estimate of drug-likeness (QED) is 0.852. The molecule has 0 bridgehead atoms. The highest BCUT2D eigenvalue weighted by molar-refractivity contribution is 5.85. The van der Waals surface area contributed by atoms with Gasteiger partial charge in [0.1, 0.15) is 11.6 Å². The Balaban J connectivity index is 1.87. The van der Waals surface area contributed by atoms with Gasteiger partial charge in [-0.2, -0.15) is 0 Å². The molecule has 1 heterocycles. The largest absolute Gasteiger partial charge is 0.364 e. The van der Waals surface area contributed by atoms with E-state index in [1.54, 1.807) is 6.92 Å². The van der Waals surface area contributed by atoms with Gasteiger partial charge in [0, 0.05) is 36.9 Å². The van der Waals surface area contributed by atoms with Gasteiger partial charge < -0.3 is 4.90 Å². The fourth-order valence-corrected chi connectivity index (χ4v) is 5.66. The molecule has 2 aliphatic carbocycles. The van der Waals surface area contributed by atoms with Crippen molar-refractivity contribution < 1.29 is 9.59 Å². The summed E-state index contributed by atoms with van der Waals surface area (Å²) in [7, 11) is 0. The van der Waals surface area contributed by atoms with Crippen molar-refractivity contribution in [3.8, 4) is 0 Å². The third-order valence-electron chi connectivity index (χ3n) is 6.57. The van der Waals surface area contributed by atoms with E-state index < -0.39 is 0 Å². The monoisotopic (exact) mass is 311 g/mol. The summed E-state index contributed by atoms with van der Waals surface area (Å²) in [6, 6.07) is 8.71. The Kier molecular flexibility index (Phi) is 3.36.